The van der Waals surface area contributed by atoms with Crippen LogP contribution in [0.3, 0.4) is 0 Å². The van der Waals surface area contributed by atoms with Gasteiger partial charge >= 0.3 is 0 Å². The molecule has 0 atom stereocenters. The van der Waals surface area contributed by atoms with Crippen LogP contribution in [0.15, 0.2) is 23.0 Å². The van der Waals surface area contributed by atoms with E-state index >= 15 is 0 Å². The van der Waals surface area contributed by atoms with Gasteiger partial charge in [0.25, 0.3) is 11.5 Å². The van der Waals surface area contributed by atoms with Gasteiger partial charge in [0.2, 0.25) is 0 Å². The molecule has 3 aliphatic rings. The van der Waals surface area contributed by atoms with Crippen LogP contribution in [-0.4, -0.2) is 58.0 Å². The molecule has 6 rings (SSSR count). The molecule has 1 saturated heterocycles. The third-order valence-electron chi connectivity index (χ3n) is 7.43. The second-order valence-electron chi connectivity index (χ2n) is 9.64. The van der Waals surface area contributed by atoms with Crippen molar-refractivity contribution in [1.82, 2.24) is 19.4 Å². The Morgan fingerprint density at radius 1 is 1.09 bits per heavy atom. The summed E-state index contributed by atoms with van der Waals surface area (Å²) in [6.45, 7) is 7.40. The Hall–Kier alpha value is -2.71. The molecule has 7 nitrogen and oxygen atoms in total. The van der Waals surface area contributed by atoms with E-state index in [9.17, 15) is 9.59 Å². The number of aryl methyl sites for hydroxylation is 2. The minimum absolute atomic E-state index is 0.0271. The lowest BCUT2D eigenvalue weighted by Crippen LogP contribution is -2.48. The highest BCUT2D eigenvalue weighted by Gasteiger charge is 2.28. The third kappa shape index (κ3) is 3.82. The predicted octanol–water partition coefficient (Wildman–Crippen LogP) is 3.39. The highest BCUT2D eigenvalue weighted by molar-refractivity contribution is 7.20. The summed E-state index contributed by atoms with van der Waals surface area (Å²) in [4.78, 5) is 37.2. The first-order valence-corrected chi connectivity index (χ1v) is 13.2. The smallest absolute Gasteiger partial charge is 0.264 e. The van der Waals surface area contributed by atoms with Crippen molar-refractivity contribution in [2.45, 2.75) is 52.1 Å². The molecule has 0 spiro atoms. The lowest BCUT2D eigenvalue weighted by molar-refractivity contribution is 0.0632. The summed E-state index contributed by atoms with van der Waals surface area (Å²) in [5.41, 5.74) is 3.42. The molecular weight excluding hydrogens is 448 g/mol. The molecule has 0 N–H and O–H groups in total. The van der Waals surface area contributed by atoms with Gasteiger partial charge < -0.3 is 9.64 Å². The van der Waals surface area contributed by atoms with Crippen LogP contribution in [0.4, 0.5) is 0 Å². The Balaban J connectivity index is 1.17. The summed E-state index contributed by atoms with van der Waals surface area (Å²) in [5.74, 6) is 1.93. The lowest BCUT2D eigenvalue weighted by atomic mass is 10.1. The number of hydrogen-bond donors (Lipinski definition) is 0. The second-order valence-corrected chi connectivity index (χ2v) is 10.6. The van der Waals surface area contributed by atoms with Gasteiger partial charge in [0.05, 0.1) is 16.9 Å². The van der Waals surface area contributed by atoms with E-state index in [1.165, 1.54) is 22.5 Å². The number of hydrogen-bond acceptors (Lipinski definition) is 6. The maximum atomic E-state index is 13.4. The number of carbonyl (C=O) groups is 1. The van der Waals surface area contributed by atoms with Gasteiger partial charge in [-0.25, -0.2) is 4.98 Å². The van der Waals surface area contributed by atoms with Crippen LogP contribution in [0, 0.1) is 6.92 Å². The van der Waals surface area contributed by atoms with Crippen LogP contribution >= 0.6 is 11.3 Å². The average molecular weight is 479 g/mol. The Labute approximate surface area is 203 Å². The number of benzene rings is 1. The number of nitrogens with zero attached hydrogens (tertiary/aromatic N) is 4. The fourth-order valence-electron chi connectivity index (χ4n) is 5.46. The van der Waals surface area contributed by atoms with Crippen molar-refractivity contribution >= 4 is 27.5 Å². The molecule has 1 fully saturated rings. The van der Waals surface area contributed by atoms with Crippen LogP contribution < -0.4 is 10.3 Å². The standard InChI is InChI=1S/C26H30N4O3S/c1-17-22-24(27-21-5-3-2-4-9-30(21)25(22)31)34-23(17)26(32)29-12-10-28(11-13-29)16-18-6-7-20-19(15-18)8-14-33-20/h6-7,15H,2-5,8-14,16H2,1H3. The topological polar surface area (TPSA) is 67.7 Å². The average Bonchev–Trinajstić information content (AvgIpc) is 3.35. The SMILES string of the molecule is Cc1c(C(=O)N2CCN(Cc3ccc4c(c3)CCO4)CC2)sc2nc3n(c(=O)c12)CCCCC3. The normalized spacial score (nSPS) is 18.4. The van der Waals surface area contributed by atoms with Gasteiger partial charge in [0.15, 0.2) is 0 Å². The highest BCUT2D eigenvalue weighted by atomic mass is 32.1. The number of amides is 1. The molecule has 0 bridgehead atoms. The molecule has 1 amide bonds. The molecule has 0 radical (unpaired) electrons. The van der Waals surface area contributed by atoms with Crippen molar-refractivity contribution in [2.24, 2.45) is 0 Å². The molecule has 3 aromatic rings. The first-order valence-electron chi connectivity index (χ1n) is 12.4. The highest BCUT2D eigenvalue weighted by Crippen LogP contribution is 2.30. The molecule has 2 aromatic heterocycles. The minimum Gasteiger partial charge on any atom is -0.493 e. The van der Waals surface area contributed by atoms with E-state index in [0.29, 0.717) is 23.4 Å². The summed E-state index contributed by atoms with van der Waals surface area (Å²) in [5, 5.41) is 0.637. The Bertz CT molecular complexity index is 1320. The number of piperazine rings is 1. The fraction of sp³-hybridized carbons (Fsp3) is 0.500. The van der Waals surface area contributed by atoms with Crippen molar-refractivity contribution in [3.05, 3.63) is 55.9 Å². The van der Waals surface area contributed by atoms with Gasteiger partial charge in [-0.1, -0.05) is 18.6 Å². The first kappa shape index (κ1) is 21.8. The number of ether oxygens (including phenoxy) is 1. The number of aromatic nitrogens is 2. The maximum absolute atomic E-state index is 13.4. The molecule has 1 aromatic carbocycles. The van der Waals surface area contributed by atoms with Gasteiger partial charge in [0, 0.05) is 52.1 Å². The van der Waals surface area contributed by atoms with E-state index in [4.69, 9.17) is 9.72 Å². The monoisotopic (exact) mass is 478 g/mol. The summed E-state index contributed by atoms with van der Waals surface area (Å²) in [7, 11) is 0. The van der Waals surface area contributed by atoms with E-state index in [-0.39, 0.29) is 11.5 Å². The number of carbonyl (C=O) groups excluding carboxylic acids is 1. The molecule has 0 saturated carbocycles. The van der Waals surface area contributed by atoms with Crippen molar-refractivity contribution in [3.8, 4) is 5.75 Å². The number of thiophene rings is 1. The van der Waals surface area contributed by atoms with E-state index in [2.05, 4.69) is 23.1 Å². The summed E-state index contributed by atoms with van der Waals surface area (Å²) in [6, 6.07) is 6.49. The fourth-order valence-corrected chi connectivity index (χ4v) is 6.62. The van der Waals surface area contributed by atoms with Crippen LogP contribution in [0.1, 0.15) is 51.4 Å². The van der Waals surface area contributed by atoms with Crippen molar-refractivity contribution in [1.29, 1.82) is 0 Å². The van der Waals surface area contributed by atoms with Crippen LogP contribution in [0.25, 0.3) is 10.2 Å². The van der Waals surface area contributed by atoms with Crippen LogP contribution in [0.5, 0.6) is 5.75 Å². The van der Waals surface area contributed by atoms with Gasteiger partial charge in [-0.2, -0.15) is 0 Å². The number of rotatable bonds is 3. The Morgan fingerprint density at radius 3 is 2.79 bits per heavy atom. The van der Waals surface area contributed by atoms with Gasteiger partial charge in [0.1, 0.15) is 16.4 Å². The zero-order valence-corrected chi connectivity index (χ0v) is 20.5. The zero-order valence-electron chi connectivity index (χ0n) is 19.6. The molecular formula is C26H30N4O3S. The molecule has 8 heteroatoms. The van der Waals surface area contributed by atoms with Gasteiger partial charge in [-0.3, -0.25) is 19.1 Å². The Kier molecular flexibility index (Phi) is 5.65. The summed E-state index contributed by atoms with van der Waals surface area (Å²) >= 11 is 1.39. The third-order valence-corrected chi connectivity index (χ3v) is 8.60. The second kappa shape index (κ2) is 8.82. The molecule has 5 heterocycles. The summed E-state index contributed by atoms with van der Waals surface area (Å²) in [6.07, 6.45) is 5.04. The van der Waals surface area contributed by atoms with Crippen molar-refractivity contribution in [2.75, 3.05) is 32.8 Å². The zero-order chi connectivity index (χ0) is 23.2. The van der Waals surface area contributed by atoms with E-state index in [1.54, 1.807) is 0 Å². The quantitative estimate of drug-likeness (QED) is 0.577. The van der Waals surface area contributed by atoms with Crippen molar-refractivity contribution < 1.29 is 9.53 Å². The molecule has 3 aliphatic heterocycles. The molecule has 34 heavy (non-hydrogen) atoms. The van der Waals surface area contributed by atoms with Crippen molar-refractivity contribution in [3.63, 3.8) is 0 Å². The first-order chi connectivity index (χ1) is 16.6. The minimum atomic E-state index is 0.0271. The largest absolute Gasteiger partial charge is 0.493 e. The van der Waals surface area contributed by atoms with Crippen LogP contribution in [0.2, 0.25) is 0 Å². The van der Waals surface area contributed by atoms with E-state index in [1.807, 2.05) is 16.4 Å². The maximum Gasteiger partial charge on any atom is 0.264 e. The lowest BCUT2D eigenvalue weighted by Gasteiger charge is -2.34. The summed E-state index contributed by atoms with van der Waals surface area (Å²) < 4.78 is 7.46. The number of fused-ring (bicyclic) bond motifs is 3. The van der Waals surface area contributed by atoms with Gasteiger partial charge in [-0.05, 0) is 42.5 Å². The van der Waals surface area contributed by atoms with E-state index in [0.717, 1.165) is 86.9 Å². The molecule has 0 unspecified atom stereocenters. The molecule has 0 aliphatic carbocycles. The predicted molar refractivity (Wildman–Crippen MR) is 133 cm³/mol. The van der Waals surface area contributed by atoms with E-state index < -0.39 is 0 Å². The Morgan fingerprint density at radius 2 is 1.94 bits per heavy atom. The molecule has 178 valence electrons. The van der Waals surface area contributed by atoms with Crippen LogP contribution in [-0.2, 0) is 25.9 Å². The van der Waals surface area contributed by atoms with Gasteiger partial charge in [-0.15, -0.1) is 11.3 Å².